The van der Waals surface area contributed by atoms with E-state index < -0.39 is 0 Å². The van der Waals surface area contributed by atoms with Crippen molar-refractivity contribution in [3.8, 4) is 5.88 Å². The Labute approximate surface area is 195 Å². The van der Waals surface area contributed by atoms with Gasteiger partial charge in [-0.25, -0.2) is 15.0 Å². The molecule has 33 heavy (non-hydrogen) atoms. The second-order valence-corrected chi connectivity index (χ2v) is 9.15. The number of anilines is 1. The maximum absolute atomic E-state index is 11.4. The van der Waals surface area contributed by atoms with Crippen LogP contribution in [0.3, 0.4) is 0 Å². The van der Waals surface area contributed by atoms with Crippen LogP contribution in [0.15, 0.2) is 12.4 Å². The van der Waals surface area contributed by atoms with Crippen LogP contribution in [0, 0.1) is 0 Å². The number of aromatic nitrogens is 3. The standard InChI is InChI=1S/C24H35N5O4/c1-15(14-31-3)27-24-26-13-21-22(29-24)20(17-4-6-18(7-5-17)28-16(2)30)12-25-23(21)33-19-8-10-32-11-9-19/h12-13,15,17-19H,4-11,14H2,1-3H3,(H,28,30)(H,26,27,29)/t15-,17-,18-/m0/s1. The van der Waals surface area contributed by atoms with Gasteiger partial charge in [-0.15, -0.1) is 0 Å². The summed E-state index contributed by atoms with van der Waals surface area (Å²) in [6.07, 6.45) is 9.41. The zero-order valence-corrected chi connectivity index (χ0v) is 19.8. The van der Waals surface area contributed by atoms with Gasteiger partial charge in [0, 0.05) is 56.9 Å². The number of carbonyl (C=O) groups is 1. The van der Waals surface area contributed by atoms with Gasteiger partial charge in [0.1, 0.15) is 6.10 Å². The molecule has 3 heterocycles. The Kier molecular flexibility index (Phi) is 7.93. The van der Waals surface area contributed by atoms with E-state index in [4.69, 9.17) is 24.2 Å². The molecule has 1 saturated heterocycles. The molecule has 1 atom stereocenters. The van der Waals surface area contributed by atoms with Crippen LogP contribution in [0.25, 0.3) is 10.9 Å². The van der Waals surface area contributed by atoms with Crippen molar-refractivity contribution < 1.29 is 19.0 Å². The van der Waals surface area contributed by atoms with Crippen LogP contribution in [0.4, 0.5) is 5.95 Å². The smallest absolute Gasteiger partial charge is 0.224 e. The number of nitrogens with zero attached hydrogens (tertiary/aromatic N) is 3. The number of hydrogen-bond donors (Lipinski definition) is 2. The van der Waals surface area contributed by atoms with E-state index in [1.807, 2.05) is 19.3 Å². The van der Waals surface area contributed by atoms with Crippen LogP contribution < -0.4 is 15.4 Å². The van der Waals surface area contributed by atoms with Crippen LogP contribution in [-0.4, -0.2) is 66.0 Å². The van der Waals surface area contributed by atoms with Crippen LogP contribution in [0.5, 0.6) is 5.88 Å². The van der Waals surface area contributed by atoms with Crippen molar-refractivity contribution in [2.45, 2.75) is 76.5 Å². The Morgan fingerprint density at radius 1 is 1.15 bits per heavy atom. The minimum atomic E-state index is 0.0359. The van der Waals surface area contributed by atoms with Crippen molar-refractivity contribution in [2.24, 2.45) is 0 Å². The van der Waals surface area contributed by atoms with Crippen molar-refractivity contribution in [1.29, 1.82) is 0 Å². The lowest BCUT2D eigenvalue weighted by Gasteiger charge is -2.30. The fraction of sp³-hybridized carbons (Fsp3) is 0.667. The Balaban J connectivity index is 1.61. The van der Waals surface area contributed by atoms with Crippen LogP contribution >= 0.6 is 0 Å². The van der Waals surface area contributed by atoms with E-state index in [9.17, 15) is 4.79 Å². The summed E-state index contributed by atoms with van der Waals surface area (Å²) in [7, 11) is 1.68. The first-order valence-corrected chi connectivity index (χ1v) is 12.0. The lowest BCUT2D eigenvalue weighted by Crippen LogP contribution is -2.35. The van der Waals surface area contributed by atoms with E-state index in [1.165, 1.54) is 0 Å². The Morgan fingerprint density at radius 3 is 2.61 bits per heavy atom. The van der Waals surface area contributed by atoms with E-state index in [-0.39, 0.29) is 24.1 Å². The predicted octanol–water partition coefficient (Wildman–Crippen LogP) is 3.19. The molecule has 9 nitrogen and oxygen atoms in total. The first-order chi connectivity index (χ1) is 16.0. The van der Waals surface area contributed by atoms with Gasteiger partial charge in [-0.2, -0.15) is 0 Å². The van der Waals surface area contributed by atoms with E-state index >= 15 is 0 Å². The van der Waals surface area contributed by atoms with E-state index in [0.717, 1.165) is 55.0 Å². The topological polar surface area (TPSA) is 107 Å². The molecule has 1 aliphatic carbocycles. The molecule has 0 radical (unpaired) electrons. The highest BCUT2D eigenvalue weighted by Crippen LogP contribution is 2.38. The third-order valence-electron chi connectivity index (χ3n) is 6.43. The fourth-order valence-electron chi connectivity index (χ4n) is 4.78. The van der Waals surface area contributed by atoms with E-state index in [0.29, 0.717) is 37.6 Å². The molecule has 2 N–H and O–H groups in total. The molecular formula is C24H35N5O4. The molecule has 2 aromatic rings. The molecule has 9 heteroatoms. The first-order valence-electron chi connectivity index (χ1n) is 12.0. The number of rotatable bonds is 8. The van der Waals surface area contributed by atoms with Crippen molar-refractivity contribution in [1.82, 2.24) is 20.3 Å². The number of fused-ring (bicyclic) bond motifs is 1. The molecular weight excluding hydrogens is 422 g/mol. The molecule has 0 aromatic carbocycles. The Morgan fingerprint density at radius 2 is 1.91 bits per heavy atom. The van der Waals surface area contributed by atoms with Gasteiger partial charge in [-0.05, 0) is 38.5 Å². The summed E-state index contributed by atoms with van der Waals surface area (Å²) in [5.74, 6) is 1.53. The average Bonchev–Trinajstić information content (AvgIpc) is 2.80. The zero-order valence-electron chi connectivity index (χ0n) is 19.8. The summed E-state index contributed by atoms with van der Waals surface area (Å²) < 4.78 is 17.0. The molecule has 0 bridgehead atoms. The molecule has 1 saturated carbocycles. The highest BCUT2D eigenvalue weighted by Gasteiger charge is 2.27. The van der Waals surface area contributed by atoms with Gasteiger partial charge in [-0.3, -0.25) is 4.79 Å². The maximum Gasteiger partial charge on any atom is 0.224 e. The predicted molar refractivity (Wildman–Crippen MR) is 126 cm³/mol. The highest BCUT2D eigenvalue weighted by molar-refractivity contribution is 5.86. The van der Waals surface area contributed by atoms with Crippen LogP contribution in [0.2, 0.25) is 0 Å². The summed E-state index contributed by atoms with van der Waals surface area (Å²) in [5, 5.41) is 7.22. The van der Waals surface area contributed by atoms with Gasteiger partial charge < -0.3 is 24.8 Å². The first kappa shape index (κ1) is 23.6. The van der Waals surface area contributed by atoms with Crippen molar-refractivity contribution in [3.05, 3.63) is 18.0 Å². The van der Waals surface area contributed by atoms with Crippen molar-refractivity contribution in [3.63, 3.8) is 0 Å². The van der Waals surface area contributed by atoms with E-state index in [1.54, 1.807) is 14.0 Å². The van der Waals surface area contributed by atoms with Crippen molar-refractivity contribution in [2.75, 3.05) is 32.2 Å². The third-order valence-corrected chi connectivity index (χ3v) is 6.43. The molecule has 1 amide bonds. The van der Waals surface area contributed by atoms with Gasteiger partial charge in [0.05, 0.1) is 30.7 Å². The van der Waals surface area contributed by atoms with Gasteiger partial charge in [0.25, 0.3) is 0 Å². The highest BCUT2D eigenvalue weighted by atomic mass is 16.5. The number of ether oxygens (including phenoxy) is 3. The number of amides is 1. The second-order valence-electron chi connectivity index (χ2n) is 9.15. The monoisotopic (exact) mass is 457 g/mol. The summed E-state index contributed by atoms with van der Waals surface area (Å²) >= 11 is 0. The van der Waals surface area contributed by atoms with Crippen LogP contribution in [-0.2, 0) is 14.3 Å². The van der Waals surface area contributed by atoms with Gasteiger partial charge in [0.2, 0.25) is 17.7 Å². The van der Waals surface area contributed by atoms with Gasteiger partial charge >= 0.3 is 0 Å². The molecule has 4 rings (SSSR count). The molecule has 1 aliphatic heterocycles. The molecule has 0 spiro atoms. The number of carbonyl (C=O) groups excluding carboxylic acids is 1. The molecule has 2 fully saturated rings. The number of nitrogens with one attached hydrogen (secondary N) is 2. The quantitative estimate of drug-likeness (QED) is 0.622. The SMILES string of the molecule is COC[C@H](C)Nc1ncc2c(OC3CCOCC3)ncc([C@H]3CC[C@H](NC(C)=O)CC3)c2n1. The largest absolute Gasteiger partial charge is 0.474 e. The number of methoxy groups -OCH3 is 1. The lowest BCUT2D eigenvalue weighted by atomic mass is 9.81. The van der Waals surface area contributed by atoms with Crippen LogP contribution in [0.1, 0.15) is 63.9 Å². The summed E-state index contributed by atoms with van der Waals surface area (Å²) in [6.45, 7) is 5.60. The number of hydrogen-bond acceptors (Lipinski definition) is 8. The molecule has 0 unspecified atom stereocenters. The zero-order chi connectivity index (χ0) is 23.2. The van der Waals surface area contributed by atoms with E-state index in [2.05, 4.69) is 15.6 Å². The Bertz CT molecular complexity index is 942. The molecule has 2 aliphatic rings. The third kappa shape index (κ3) is 6.09. The normalized spacial score (nSPS) is 22.6. The second kappa shape index (κ2) is 11.1. The summed E-state index contributed by atoms with van der Waals surface area (Å²) in [4.78, 5) is 25.6. The fourth-order valence-corrected chi connectivity index (χ4v) is 4.78. The maximum atomic E-state index is 11.4. The lowest BCUT2D eigenvalue weighted by molar-refractivity contribution is -0.119. The minimum Gasteiger partial charge on any atom is -0.474 e. The number of pyridine rings is 1. The molecule has 180 valence electrons. The van der Waals surface area contributed by atoms with Crippen molar-refractivity contribution >= 4 is 22.8 Å². The summed E-state index contributed by atoms with van der Waals surface area (Å²) in [5.41, 5.74) is 2.01. The van der Waals surface area contributed by atoms with Gasteiger partial charge in [0.15, 0.2) is 0 Å². The summed E-state index contributed by atoms with van der Waals surface area (Å²) in [6, 6.07) is 0.333. The minimum absolute atomic E-state index is 0.0359. The Hall–Kier alpha value is -2.52. The van der Waals surface area contributed by atoms with Gasteiger partial charge in [-0.1, -0.05) is 0 Å². The average molecular weight is 458 g/mol. The molecule has 2 aromatic heterocycles.